The van der Waals surface area contributed by atoms with Crippen LogP contribution in [-0.2, 0) is 42.7 Å². The second-order valence-electron chi connectivity index (χ2n) is 9.90. The fourth-order valence-electron chi connectivity index (χ4n) is 4.72. The van der Waals surface area contributed by atoms with Gasteiger partial charge >= 0.3 is 0 Å². The quantitative estimate of drug-likeness (QED) is 0.631. The van der Waals surface area contributed by atoms with E-state index in [4.69, 9.17) is 37.9 Å². The maximum atomic E-state index is 13.2. The standard InChI is InChI=1S/C21H34O10/c1-19(2)25-9-12(27-19)15-14(28-20(3,4)29-15)11(23)8-10(22)13-16-17(18(24-7)26-13)31-21(5,6)30-16/h10,12-18,22H,8-9H2,1-7H3/t10-,12-,13-,14-,15-,16+,17+,18+/m1/s1. The number of ketones is 1. The van der Waals surface area contributed by atoms with Gasteiger partial charge in [0.15, 0.2) is 29.4 Å². The maximum Gasteiger partial charge on any atom is 0.186 e. The van der Waals surface area contributed by atoms with Gasteiger partial charge in [-0.25, -0.2) is 0 Å². The lowest BCUT2D eigenvalue weighted by Crippen LogP contribution is -2.45. The third-order valence-electron chi connectivity index (χ3n) is 5.91. The van der Waals surface area contributed by atoms with Gasteiger partial charge in [-0.15, -0.1) is 0 Å². The van der Waals surface area contributed by atoms with Gasteiger partial charge in [0.1, 0.15) is 36.6 Å². The van der Waals surface area contributed by atoms with Crippen molar-refractivity contribution in [2.45, 2.75) is 114 Å². The van der Waals surface area contributed by atoms with Crippen molar-refractivity contribution in [2.24, 2.45) is 0 Å². The van der Waals surface area contributed by atoms with Crippen molar-refractivity contribution >= 4 is 5.78 Å². The van der Waals surface area contributed by atoms with Crippen LogP contribution in [0, 0.1) is 0 Å². The molecular formula is C21H34O10. The third-order valence-corrected chi connectivity index (χ3v) is 5.91. The highest BCUT2D eigenvalue weighted by Gasteiger charge is 2.58. The van der Waals surface area contributed by atoms with Gasteiger partial charge in [-0.1, -0.05) is 0 Å². The van der Waals surface area contributed by atoms with Crippen LogP contribution < -0.4 is 0 Å². The predicted octanol–water partition coefficient (Wildman–Crippen LogP) is 0.870. The second kappa shape index (κ2) is 7.96. The van der Waals surface area contributed by atoms with Crippen LogP contribution in [-0.4, -0.2) is 91.0 Å². The van der Waals surface area contributed by atoms with Gasteiger partial charge in [0, 0.05) is 13.5 Å². The Kier molecular flexibility index (Phi) is 6.03. The molecule has 0 aromatic heterocycles. The van der Waals surface area contributed by atoms with Crippen molar-refractivity contribution in [3.8, 4) is 0 Å². The molecule has 4 aliphatic rings. The molecule has 0 aliphatic carbocycles. The van der Waals surface area contributed by atoms with Crippen molar-refractivity contribution in [1.29, 1.82) is 0 Å². The molecule has 0 aromatic rings. The Morgan fingerprint density at radius 2 is 1.55 bits per heavy atom. The number of aliphatic hydroxyl groups excluding tert-OH is 1. The van der Waals surface area contributed by atoms with Gasteiger partial charge in [-0.2, -0.15) is 0 Å². The van der Waals surface area contributed by atoms with Gasteiger partial charge in [-0.05, 0) is 41.5 Å². The lowest BCUT2D eigenvalue weighted by Gasteiger charge is -2.27. The lowest BCUT2D eigenvalue weighted by atomic mass is 9.96. The zero-order valence-electron chi connectivity index (χ0n) is 19.2. The van der Waals surface area contributed by atoms with Crippen LogP contribution in [0.3, 0.4) is 0 Å². The minimum atomic E-state index is -1.14. The first kappa shape index (κ1) is 23.5. The van der Waals surface area contributed by atoms with Gasteiger partial charge in [0.05, 0.1) is 12.7 Å². The Morgan fingerprint density at radius 1 is 0.935 bits per heavy atom. The molecule has 0 aromatic carbocycles. The van der Waals surface area contributed by atoms with Crippen LogP contribution in [0.4, 0.5) is 0 Å². The number of carbonyl (C=O) groups is 1. The van der Waals surface area contributed by atoms with E-state index in [2.05, 4.69) is 0 Å². The van der Waals surface area contributed by atoms with Crippen LogP contribution in [0.25, 0.3) is 0 Å². The maximum absolute atomic E-state index is 13.2. The molecule has 8 atom stereocenters. The summed E-state index contributed by atoms with van der Waals surface area (Å²) in [5.74, 6) is -2.87. The van der Waals surface area contributed by atoms with Crippen LogP contribution in [0.1, 0.15) is 48.0 Å². The average molecular weight is 446 g/mol. The van der Waals surface area contributed by atoms with E-state index in [0.717, 1.165) is 0 Å². The molecule has 0 unspecified atom stereocenters. The summed E-state index contributed by atoms with van der Waals surface area (Å²) in [5.41, 5.74) is 0. The fraction of sp³-hybridized carbons (Fsp3) is 0.952. The minimum Gasteiger partial charge on any atom is -0.390 e. The van der Waals surface area contributed by atoms with Gasteiger partial charge in [0.2, 0.25) is 0 Å². The Bertz CT molecular complexity index is 692. The van der Waals surface area contributed by atoms with E-state index in [0.29, 0.717) is 0 Å². The SMILES string of the molecule is CO[C@H]1O[C@H]([C@H](O)CC(=O)[C@H]2OC(C)(C)O[C@@H]2[C@H]2COC(C)(C)O2)[C@@H]2OC(C)(C)O[C@H]12. The van der Waals surface area contributed by atoms with Gasteiger partial charge in [-0.3, -0.25) is 4.79 Å². The molecule has 4 saturated heterocycles. The predicted molar refractivity (Wildman–Crippen MR) is 104 cm³/mol. The Hall–Kier alpha value is -0.690. The molecule has 4 rings (SSSR count). The zero-order chi connectivity index (χ0) is 22.8. The first-order valence-corrected chi connectivity index (χ1v) is 10.7. The zero-order valence-corrected chi connectivity index (χ0v) is 19.2. The molecule has 0 radical (unpaired) electrons. The number of ether oxygens (including phenoxy) is 8. The Morgan fingerprint density at radius 3 is 2.16 bits per heavy atom. The van der Waals surface area contributed by atoms with Crippen LogP contribution in [0.2, 0.25) is 0 Å². The summed E-state index contributed by atoms with van der Waals surface area (Å²) >= 11 is 0. The molecule has 4 heterocycles. The molecule has 178 valence electrons. The fourth-order valence-corrected chi connectivity index (χ4v) is 4.72. The molecule has 0 bridgehead atoms. The summed E-state index contributed by atoms with van der Waals surface area (Å²) in [5, 5.41) is 10.9. The monoisotopic (exact) mass is 446 g/mol. The molecule has 0 amide bonds. The molecular weight excluding hydrogens is 412 g/mol. The highest BCUT2D eigenvalue weighted by molar-refractivity contribution is 5.84. The molecule has 4 aliphatic heterocycles. The van der Waals surface area contributed by atoms with Crippen molar-refractivity contribution in [3.63, 3.8) is 0 Å². The number of hydrogen-bond donors (Lipinski definition) is 1. The number of Topliss-reactive ketones (excluding diaryl/α,β-unsaturated/α-hetero) is 1. The third kappa shape index (κ3) is 4.68. The summed E-state index contributed by atoms with van der Waals surface area (Å²) in [6, 6.07) is 0. The van der Waals surface area contributed by atoms with E-state index < -0.39 is 66.4 Å². The number of carbonyl (C=O) groups excluding carboxylic acids is 1. The highest BCUT2D eigenvalue weighted by atomic mass is 16.8. The summed E-state index contributed by atoms with van der Waals surface area (Å²) in [6.07, 6.45) is -5.86. The number of aliphatic hydroxyl groups is 1. The summed E-state index contributed by atoms with van der Waals surface area (Å²) in [6.45, 7) is 10.9. The summed E-state index contributed by atoms with van der Waals surface area (Å²) in [7, 11) is 1.50. The Labute approximate surface area is 182 Å². The lowest BCUT2D eigenvalue weighted by molar-refractivity contribution is -0.237. The van der Waals surface area contributed by atoms with Crippen LogP contribution in [0.5, 0.6) is 0 Å². The van der Waals surface area contributed by atoms with Gasteiger partial charge in [0.25, 0.3) is 0 Å². The number of hydrogen-bond acceptors (Lipinski definition) is 10. The van der Waals surface area contributed by atoms with E-state index in [1.54, 1.807) is 41.5 Å². The van der Waals surface area contributed by atoms with Gasteiger partial charge < -0.3 is 43.0 Å². The number of rotatable bonds is 6. The van der Waals surface area contributed by atoms with E-state index in [1.165, 1.54) is 7.11 Å². The molecule has 31 heavy (non-hydrogen) atoms. The summed E-state index contributed by atoms with van der Waals surface area (Å²) in [4.78, 5) is 13.2. The van der Waals surface area contributed by atoms with E-state index in [-0.39, 0.29) is 18.8 Å². The van der Waals surface area contributed by atoms with E-state index in [1.807, 2.05) is 0 Å². The van der Waals surface area contributed by atoms with Crippen LogP contribution >= 0.6 is 0 Å². The normalized spacial score (nSPS) is 43.8. The topological polar surface area (TPSA) is 111 Å². The van der Waals surface area contributed by atoms with E-state index >= 15 is 0 Å². The first-order valence-electron chi connectivity index (χ1n) is 10.7. The molecule has 10 heteroatoms. The largest absolute Gasteiger partial charge is 0.390 e. The molecule has 0 spiro atoms. The number of methoxy groups -OCH3 is 1. The van der Waals surface area contributed by atoms with Crippen LogP contribution in [0.15, 0.2) is 0 Å². The second-order valence-corrected chi connectivity index (χ2v) is 9.90. The molecule has 0 saturated carbocycles. The molecule has 10 nitrogen and oxygen atoms in total. The van der Waals surface area contributed by atoms with Crippen molar-refractivity contribution in [3.05, 3.63) is 0 Å². The highest BCUT2D eigenvalue weighted by Crippen LogP contribution is 2.41. The van der Waals surface area contributed by atoms with Crippen molar-refractivity contribution < 1.29 is 47.8 Å². The molecule has 1 N–H and O–H groups in total. The average Bonchev–Trinajstić information content (AvgIpc) is 3.34. The smallest absolute Gasteiger partial charge is 0.186 e. The van der Waals surface area contributed by atoms with Crippen molar-refractivity contribution in [1.82, 2.24) is 0 Å². The first-order chi connectivity index (χ1) is 14.3. The number of fused-ring (bicyclic) bond motifs is 1. The summed E-state index contributed by atoms with van der Waals surface area (Å²) < 4.78 is 46.3. The van der Waals surface area contributed by atoms with Crippen molar-refractivity contribution in [2.75, 3.05) is 13.7 Å². The van der Waals surface area contributed by atoms with E-state index in [9.17, 15) is 9.90 Å². The Balaban J connectivity index is 1.44. The minimum absolute atomic E-state index is 0.203. The molecule has 4 fully saturated rings.